The zero-order chi connectivity index (χ0) is 11.9. The number of hydrogen-bond acceptors (Lipinski definition) is 4. The Labute approximate surface area is 93.0 Å². The fourth-order valence-corrected chi connectivity index (χ4v) is 2.23. The second-order valence-corrected chi connectivity index (χ2v) is 4.69. The summed E-state index contributed by atoms with van der Waals surface area (Å²) in [6.07, 6.45) is 0.822. The monoisotopic (exact) mass is 228 g/mol. The van der Waals surface area contributed by atoms with Gasteiger partial charge < -0.3 is 20.8 Å². The van der Waals surface area contributed by atoms with Crippen molar-refractivity contribution < 1.29 is 19.8 Å². The molecule has 90 valence electrons. The third-order valence-corrected chi connectivity index (χ3v) is 3.52. The predicted molar refractivity (Wildman–Crippen MR) is 54.5 cm³/mol. The zero-order valence-corrected chi connectivity index (χ0v) is 8.93. The molecule has 0 spiro atoms. The fraction of sp³-hybridized carbons (Fsp3) is 0.800. The number of rotatable bonds is 3. The Morgan fingerprint density at radius 3 is 2.50 bits per heavy atom. The third kappa shape index (κ3) is 1.68. The van der Waals surface area contributed by atoms with Crippen LogP contribution in [0.25, 0.3) is 0 Å². The number of carboxylic acids is 1. The average molecular weight is 228 g/mol. The van der Waals surface area contributed by atoms with E-state index in [0.717, 1.165) is 12.8 Å². The Balaban J connectivity index is 2.13. The summed E-state index contributed by atoms with van der Waals surface area (Å²) in [5.74, 6) is -1.27. The van der Waals surface area contributed by atoms with Crippen LogP contribution in [0.5, 0.6) is 0 Å². The lowest BCUT2D eigenvalue weighted by molar-refractivity contribution is -0.150. The molecule has 6 nitrogen and oxygen atoms in total. The molecule has 1 unspecified atom stereocenters. The van der Waals surface area contributed by atoms with E-state index in [1.807, 2.05) is 0 Å². The molecule has 1 saturated carbocycles. The molecule has 2 fully saturated rings. The minimum Gasteiger partial charge on any atom is -0.480 e. The predicted octanol–water partition coefficient (Wildman–Crippen LogP) is -1.23. The standard InChI is InChI=1S/C10H16N2O4/c11-5-10(1-2-10)9(16)12-4-6(13)3-7(12)8(14)15/h6-7,13H,1-5,11H2,(H,14,15)/t6?,7-/m0/s1. The van der Waals surface area contributed by atoms with Crippen LogP contribution in [0.4, 0.5) is 0 Å². The summed E-state index contributed by atoms with van der Waals surface area (Å²) in [5.41, 5.74) is 4.99. The number of likely N-dealkylation sites (tertiary alicyclic amines) is 1. The van der Waals surface area contributed by atoms with E-state index in [2.05, 4.69) is 0 Å². The topological polar surface area (TPSA) is 104 Å². The zero-order valence-electron chi connectivity index (χ0n) is 8.93. The van der Waals surface area contributed by atoms with Crippen LogP contribution in [-0.4, -0.2) is 52.2 Å². The highest BCUT2D eigenvalue weighted by molar-refractivity contribution is 5.90. The number of amides is 1. The molecule has 1 heterocycles. The van der Waals surface area contributed by atoms with Gasteiger partial charge in [0, 0.05) is 19.5 Å². The van der Waals surface area contributed by atoms with Gasteiger partial charge in [-0.3, -0.25) is 4.79 Å². The molecule has 0 aromatic carbocycles. The molecule has 1 aliphatic carbocycles. The van der Waals surface area contributed by atoms with E-state index in [-0.39, 0.29) is 25.4 Å². The highest BCUT2D eigenvalue weighted by Gasteiger charge is 2.54. The normalized spacial score (nSPS) is 31.5. The minimum absolute atomic E-state index is 0.109. The summed E-state index contributed by atoms with van der Waals surface area (Å²) in [4.78, 5) is 24.3. The maximum atomic E-state index is 12.1. The molecule has 0 aromatic heterocycles. The van der Waals surface area contributed by atoms with Gasteiger partial charge in [-0.05, 0) is 12.8 Å². The molecule has 1 aliphatic heterocycles. The van der Waals surface area contributed by atoms with Crippen molar-refractivity contribution in [3.05, 3.63) is 0 Å². The summed E-state index contributed by atoms with van der Waals surface area (Å²) < 4.78 is 0. The first-order chi connectivity index (χ1) is 7.50. The Kier molecular flexibility index (Phi) is 2.63. The molecular formula is C10H16N2O4. The number of carbonyl (C=O) groups excluding carboxylic acids is 1. The van der Waals surface area contributed by atoms with Gasteiger partial charge in [-0.15, -0.1) is 0 Å². The van der Waals surface area contributed by atoms with Crippen LogP contribution < -0.4 is 5.73 Å². The number of hydrogen-bond donors (Lipinski definition) is 3. The summed E-state index contributed by atoms with van der Waals surface area (Å²) in [6.45, 7) is 0.363. The second kappa shape index (κ2) is 3.71. The van der Waals surface area contributed by atoms with Gasteiger partial charge in [0.25, 0.3) is 0 Å². The van der Waals surface area contributed by atoms with E-state index in [9.17, 15) is 14.7 Å². The smallest absolute Gasteiger partial charge is 0.326 e. The summed E-state index contributed by atoms with van der Waals surface area (Å²) >= 11 is 0. The first kappa shape index (κ1) is 11.3. The van der Waals surface area contributed by atoms with Gasteiger partial charge in [-0.25, -0.2) is 4.79 Å². The Bertz CT molecular complexity index is 327. The van der Waals surface area contributed by atoms with Crippen molar-refractivity contribution in [2.24, 2.45) is 11.1 Å². The molecule has 6 heteroatoms. The minimum atomic E-state index is -1.06. The quantitative estimate of drug-likeness (QED) is 0.561. The van der Waals surface area contributed by atoms with E-state index in [1.165, 1.54) is 4.90 Å². The number of β-amino-alcohol motifs (C(OH)–C–C–N with tert-alkyl or cyclic N) is 1. The van der Waals surface area contributed by atoms with E-state index >= 15 is 0 Å². The van der Waals surface area contributed by atoms with Crippen LogP contribution in [0, 0.1) is 5.41 Å². The Morgan fingerprint density at radius 2 is 2.06 bits per heavy atom. The fourth-order valence-electron chi connectivity index (χ4n) is 2.23. The number of carbonyl (C=O) groups is 2. The number of aliphatic carboxylic acids is 1. The van der Waals surface area contributed by atoms with E-state index in [1.54, 1.807) is 0 Å². The molecule has 2 aliphatic rings. The molecule has 2 atom stereocenters. The number of nitrogens with zero attached hydrogens (tertiary/aromatic N) is 1. The Morgan fingerprint density at radius 1 is 1.44 bits per heavy atom. The molecule has 0 aromatic rings. The number of carboxylic acid groups (broad SMARTS) is 1. The number of aliphatic hydroxyl groups excluding tert-OH is 1. The lowest BCUT2D eigenvalue weighted by Gasteiger charge is -2.25. The average Bonchev–Trinajstić information content (AvgIpc) is 2.94. The number of nitrogens with two attached hydrogens (primary N) is 1. The van der Waals surface area contributed by atoms with Crippen LogP contribution in [-0.2, 0) is 9.59 Å². The first-order valence-electron chi connectivity index (χ1n) is 5.42. The summed E-state index contributed by atoms with van der Waals surface area (Å²) in [7, 11) is 0. The molecule has 16 heavy (non-hydrogen) atoms. The Hall–Kier alpha value is -1.14. The first-order valence-corrected chi connectivity index (χ1v) is 5.42. The summed E-state index contributed by atoms with van der Waals surface area (Å²) in [6, 6.07) is -0.897. The van der Waals surface area contributed by atoms with Crippen LogP contribution in [0.15, 0.2) is 0 Å². The lowest BCUT2D eigenvalue weighted by Crippen LogP contribution is -2.46. The van der Waals surface area contributed by atoms with E-state index < -0.39 is 23.5 Å². The van der Waals surface area contributed by atoms with E-state index in [4.69, 9.17) is 10.8 Å². The van der Waals surface area contributed by atoms with Gasteiger partial charge >= 0.3 is 5.97 Å². The van der Waals surface area contributed by atoms with Gasteiger partial charge in [0.05, 0.1) is 11.5 Å². The molecule has 2 rings (SSSR count). The van der Waals surface area contributed by atoms with Gasteiger partial charge in [0.15, 0.2) is 0 Å². The van der Waals surface area contributed by atoms with Gasteiger partial charge in [0.2, 0.25) is 5.91 Å². The maximum Gasteiger partial charge on any atom is 0.326 e. The second-order valence-electron chi connectivity index (χ2n) is 4.69. The van der Waals surface area contributed by atoms with Crippen LogP contribution >= 0.6 is 0 Å². The molecular weight excluding hydrogens is 212 g/mol. The van der Waals surface area contributed by atoms with E-state index in [0.29, 0.717) is 0 Å². The molecule has 1 saturated heterocycles. The largest absolute Gasteiger partial charge is 0.480 e. The van der Waals surface area contributed by atoms with Gasteiger partial charge in [-0.1, -0.05) is 0 Å². The number of aliphatic hydroxyl groups is 1. The van der Waals surface area contributed by atoms with Crippen molar-refractivity contribution in [1.29, 1.82) is 0 Å². The SMILES string of the molecule is NCC1(C(=O)N2CC(O)C[C@H]2C(=O)O)CC1. The van der Waals surface area contributed by atoms with Crippen molar-refractivity contribution in [3.63, 3.8) is 0 Å². The van der Waals surface area contributed by atoms with Crippen LogP contribution in [0.1, 0.15) is 19.3 Å². The molecule has 0 radical (unpaired) electrons. The van der Waals surface area contributed by atoms with Crippen LogP contribution in [0.2, 0.25) is 0 Å². The van der Waals surface area contributed by atoms with Crippen LogP contribution in [0.3, 0.4) is 0 Å². The third-order valence-electron chi connectivity index (χ3n) is 3.52. The van der Waals surface area contributed by atoms with Crippen molar-refractivity contribution in [2.45, 2.75) is 31.4 Å². The summed E-state index contributed by atoms with van der Waals surface area (Å²) in [5, 5.41) is 18.4. The van der Waals surface area contributed by atoms with Crippen molar-refractivity contribution >= 4 is 11.9 Å². The molecule has 1 amide bonds. The highest BCUT2D eigenvalue weighted by atomic mass is 16.4. The van der Waals surface area contributed by atoms with Gasteiger partial charge in [0.1, 0.15) is 6.04 Å². The lowest BCUT2D eigenvalue weighted by atomic mass is 10.1. The van der Waals surface area contributed by atoms with Crippen molar-refractivity contribution in [1.82, 2.24) is 4.90 Å². The van der Waals surface area contributed by atoms with Gasteiger partial charge in [-0.2, -0.15) is 0 Å². The maximum absolute atomic E-state index is 12.1. The molecule has 0 bridgehead atoms. The van der Waals surface area contributed by atoms with Crippen molar-refractivity contribution in [3.8, 4) is 0 Å². The van der Waals surface area contributed by atoms with Crippen molar-refractivity contribution in [2.75, 3.05) is 13.1 Å². The highest BCUT2D eigenvalue weighted by Crippen LogP contribution is 2.47. The molecule has 4 N–H and O–H groups in total.